The Kier molecular flexibility index (Phi) is 5.34. The molecule has 0 fully saturated rings. The number of pyridine rings is 1. The lowest BCUT2D eigenvalue weighted by Crippen LogP contribution is -2.15. The summed E-state index contributed by atoms with van der Waals surface area (Å²) in [5.74, 6) is -3.34. The number of para-hydroxylation sites is 1. The zero-order chi connectivity index (χ0) is 20.4. The van der Waals surface area contributed by atoms with Gasteiger partial charge in [0.1, 0.15) is 17.3 Å². The van der Waals surface area contributed by atoms with Gasteiger partial charge in [0.15, 0.2) is 11.5 Å². The van der Waals surface area contributed by atoms with E-state index in [2.05, 4.69) is 15.4 Å². The van der Waals surface area contributed by atoms with Gasteiger partial charge < -0.3 is 10.1 Å². The fourth-order valence-electron chi connectivity index (χ4n) is 2.68. The first kappa shape index (κ1) is 19.4. The monoisotopic (exact) mass is 390 g/mol. The number of rotatable bonds is 5. The van der Waals surface area contributed by atoms with Crippen LogP contribution in [-0.2, 0) is 7.05 Å². The third kappa shape index (κ3) is 3.55. The SMILES string of the molecule is CCOc1ncc(-c2cc(C(=O)Nc3c(F)cccc3F)nn2C)c(C)c1F. The molecule has 28 heavy (non-hydrogen) atoms. The quantitative estimate of drug-likeness (QED) is 0.718. The van der Waals surface area contributed by atoms with Crippen LogP contribution in [-0.4, -0.2) is 27.3 Å². The van der Waals surface area contributed by atoms with Gasteiger partial charge in [-0.25, -0.2) is 18.2 Å². The molecule has 0 radical (unpaired) electrons. The first-order valence-electron chi connectivity index (χ1n) is 8.41. The Morgan fingerprint density at radius 1 is 1.25 bits per heavy atom. The van der Waals surface area contributed by atoms with Gasteiger partial charge >= 0.3 is 0 Å². The third-order valence-corrected chi connectivity index (χ3v) is 4.10. The fraction of sp³-hybridized carbons (Fsp3) is 0.211. The molecule has 0 aliphatic rings. The van der Waals surface area contributed by atoms with Gasteiger partial charge in [-0.05, 0) is 32.0 Å². The zero-order valence-corrected chi connectivity index (χ0v) is 15.4. The van der Waals surface area contributed by atoms with E-state index in [4.69, 9.17) is 4.74 Å². The Labute approximate surface area is 159 Å². The minimum atomic E-state index is -0.905. The number of amides is 1. The molecule has 0 atom stereocenters. The number of carbonyl (C=O) groups excluding carboxylic acids is 1. The van der Waals surface area contributed by atoms with Gasteiger partial charge in [0.05, 0.1) is 12.3 Å². The van der Waals surface area contributed by atoms with Crippen molar-refractivity contribution in [2.75, 3.05) is 11.9 Å². The molecule has 0 aliphatic carbocycles. The molecule has 0 aliphatic heterocycles. The topological polar surface area (TPSA) is 69.0 Å². The zero-order valence-electron chi connectivity index (χ0n) is 15.4. The van der Waals surface area contributed by atoms with E-state index in [9.17, 15) is 18.0 Å². The summed E-state index contributed by atoms with van der Waals surface area (Å²) in [7, 11) is 1.56. The van der Waals surface area contributed by atoms with E-state index in [1.165, 1.54) is 23.0 Å². The van der Waals surface area contributed by atoms with Gasteiger partial charge in [-0.15, -0.1) is 0 Å². The van der Waals surface area contributed by atoms with Crippen molar-refractivity contribution in [3.8, 4) is 17.1 Å². The molecule has 0 bridgehead atoms. The Morgan fingerprint density at radius 3 is 2.57 bits per heavy atom. The molecular weight excluding hydrogens is 373 g/mol. The van der Waals surface area contributed by atoms with Gasteiger partial charge in [-0.3, -0.25) is 9.48 Å². The molecule has 0 unspecified atom stereocenters. The molecule has 1 N–H and O–H groups in total. The number of halogens is 3. The average molecular weight is 390 g/mol. The lowest BCUT2D eigenvalue weighted by Gasteiger charge is -2.10. The van der Waals surface area contributed by atoms with Crippen LogP contribution in [0.1, 0.15) is 23.0 Å². The molecule has 1 amide bonds. The summed E-state index contributed by atoms with van der Waals surface area (Å²) >= 11 is 0. The second-order valence-electron chi connectivity index (χ2n) is 5.94. The van der Waals surface area contributed by atoms with Crippen LogP contribution in [0.5, 0.6) is 5.88 Å². The summed E-state index contributed by atoms with van der Waals surface area (Å²) in [6.07, 6.45) is 1.42. The molecule has 6 nitrogen and oxygen atoms in total. The van der Waals surface area contributed by atoms with Crippen molar-refractivity contribution in [2.24, 2.45) is 7.05 Å². The smallest absolute Gasteiger partial charge is 0.276 e. The molecule has 1 aromatic carbocycles. The summed E-state index contributed by atoms with van der Waals surface area (Å²) in [6, 6.07) is 4.63. The van der Waals surface area contributed by atoms with Gasteiger partial charge in [-0.2, -0.15) is 5.10 Å². The number of nitrogens with zero attached hydrogens (tertiary/aromatic N) is 3. The largest absolute Gasteiger partial charge is 0.476 e. The highest BCUT2D eigenvalue weighted by molar-refractivity contribution is 6.03. The first-order valence-corrected chi connectivity index (χ1v) is 8.41. The summed E-state index contributed by atoms with van der Waals surface area (Å²) in [5, 5.41) is 6.21. The van der Waals surface area contributed by atoms with Crippen LogP contribution in [0, 0.1) is 24.4 Å². The minimum Gasteiger partial charge on any atom is -0.476 e. The van der Waals surface area contributed by atoms with Gasteiger partial charge in [0.25, 0.3) is 11.8 Å². The van der Waals surface area contributed by atoms with Gasteiger partial charge in [0.2, 0.25) is 0 Å². The number of benzene rings is 1. The van der Waals surface area contributed by atoms with Gasteiger partial charge in [-0.1, -0.05) is 6.07 Å². The predicted octanol–water partition coefficient (Wildman–Crippen LogP) is 3.86. The van der Waals surface area contributed by atoms with Crippen molar-refractivity contribution in [1.82, 2.24) is 14.8 Å². The van der Waals surface area contributed by atoms with Crippen molar-refractivity contribution in [2.45, 2.75) is 13.8 Å². The van der Waals surface area contributed by atoms with Crippen LogP contribution in [0.4, 0.5) is 18.9 Å². The van der Waals surface area contributed by atoms with Crippen LogP contribution >= 0.6 is 0 Å². The molecule has 3 aromatic rings. The number of hydrogen-bond acceptors (Lipinski definition) is 4. The molecule has 0 saturated carbocycles. The number of anilines is 1. The normalized spacial score (nSPS) is 10.8. The van der Waals surface area contributed by atoms with Crippen molar-refractivity contribution in [1.29, 1.82) is 0 Å². The van der Waals surface area contributed by atoms with E-state index in [-0.39, 0.29) is 23.7 Å². The van der Waals surface area contributed by atoms with E-state index in [0.717, 1.165) is 12.1 Å². The highest BCUT2D eigenvalue weighted by Crippen LogP contribution is 2.29. The van der Waals surface area contributed by atoms with E-state index in [0.29, 0.717) is 11.3 Å². The van der Waals surface area contributed by atoms with Crippen LogP contribution in [0.3, 0.4) is 0 Å². The second kappa shape index (κ2) is 7.71. The number of hydrogen-bond donors (Lipinski definition) is 1. The summed E-state index contributed by atoms with van der Waals surface area (Å²) < 4.78 is 48.4. The lowest BCUT2D eigenvalue weighted by atomic mass is 10.1. The Balaban J connectivity index is 1.94. The Morgan fingerprint density at radius 2 is 1.93 bits per heavy atom. The lowest BCUT2D eigenvalue weighted by molar-refractivity contribution is 0.102. The minimum absolute atomic E-state index is 0.0890. The van der Waals surface area contributed by atoms with E-state index in [1.807, 2.05) is 0 Å². The number of carbonyl (C=O) groups is 1. The van der Waals surface area contributed by atoms with Crippen molar-refractivity contribution < 1.29 is 22.7 Å². The maximum Gasteiger partial charge on any atom is 0.276 e. The van der Waals surface area contributed by atoms with Crippen molar-refractivity contribution in [3.63, 3.8) is 0 Å². The maximum absolute atomic E-state index is 14.4. The summed E-state index contributed by atoms with van der Waals surface area (Å²) in [5.41, 5.74) is 0.435. The van der Waals surface area contributed by atoms with Crippen LogP contribution < -0.4 is 10.1 Å². The molecule has 2 heterocycles. The van der Waals surface area contributed by atoms with E-state index >= 15 is 0 Å². The predicted molar refractivity (Wildman–Crippen MR) is 96.6 cm³/mol. The number of aryl methyl sites for hydroxylation is 1. The number of ether oxygens (including phenoxy) is 1. The molecule has 0 saturated heterocycles. The molecule has 146 valence electrons. The van der Waals surface area contributed by atoms with Crippen molar-refractivity contribution in [3.05, 3.63) is 59.2 Å². The number of aromatic nitrogens is 3. The summed E-state index contributed by atoms with van der Waals surface area (Å²) in [6.45, 7) is 3.54. The Bertz CT molecular complexity index is 1030. The molecule has 3 rings (SSSR count). The molecule has 2 aromatic heterocycles. The molecule has 9 heteroatoms. The number of nitrogens with one attached hydrogen (secondary N) is 1. The standard InChI is InChI=1S/C19H17F3N4O2/c1-4-28-19-16(22)10(2)11(9-23-19)15-8-14(25-26(15)3)18(27)24-17-12(20)6-5-7-13(17)21/h5-9H,4H2,1-3H3,(H,24,27). The second-order valence-corrected chi connectivity index (χ2v) is 5.94. The molecular formula is C19H17F3N4O2. The van der Waals surface area contributed by atoms with Crippen LogP contribution in [0.2, 0.25) is 0 Å². The average Bonchev–Trinajstić information content (AvgIpc) is 3.04. The molecule has 0 spiro atoms. The first-order chi connectivity index (χ1) is 13.3. The highest BCUT2D eigenvalue weighted by Gasteiger charge is 2.20. The van der Waals surface area contributed by atoms with Crippen LogP contribution in [0.25, 0.3) is 11.3 Å². The maximum atomic E-state index is 14.4. The fourth-order valence-corrected chi connectivity index (χ4v) is 2.68. The van der Waals surface area contributed by atoms with Crippen LogP contribution in [0.15, 0.2) is 30.5 Å². The summed E-state index contributed by atoms with van der Waals surface area (Å²) in [4.78, 5) is 16.3. The van der Waals surface area contributed by atoms with E-state index in [1.54, 1.807) is 20.9 Å². The highest BCUT2D eigenvalue weighted by atomic mass is 19.1. The van der Waals surface area contributed by atoms with Gasteiger partial charge in [0, 0.05) is 24.4 Å². The third-order valence-electron chi connectivity index (χ3n) is 4.10. The van der Waals surface area contributed by atoms with E-state index < -0.39 is 29.0 Å². The van der Waals surface area contributed by atoms with Crippen molar-refractivity contribution >= 4 is 11.6 Å². The Hall–Kier alpha value is -3.36.